The molecular formula is C19H25N3O5S. The third-order valence-electron chi connectivity index (χ3n) is 4.76. The molecule has 1 N–H and O–H groups in total. The highest BCUT2D eigenvalue weighted by Gasteiger charge is 2.27. The molecule has 0 spiro atoms. The molecule has 1 aromatic carbocycles. The van der Waals surface area contributed by atoms with E-state index in [1.54, 1.807) is 31.5 Å². The second kappa shape index (κ2) is 8.74. The molecule has 1 aliphatic rings. The van der Waals surface area contributed by atoms with Crippen molar-refractivity contribution in [2.45, 2.75) is 49.6 Å². The molecular weight excluding hydrogens is 382 g/mol. The smallest absolute Gasteiger partial charge is 0.240 e. The molecule has 1 aliphatic carbocycles. The van der Waals surface area contributed by atoms with Crippen LogP contribution in [0.4, 0.5) is 0 Å². The summed E-state index contributed by atoms with van der Waals surface area (Å²) >= 11 is 0. The molecule has 1 saturated carbocycles. The topological polar surface area (TPSA) is 99.6 Å². The highest BCUT2D eigenvalue weighted by Crippen LogP contribution is 2.26. The Labute approximate surface area is 165 Å². The molecule has 8 nitrogen and oxygen atoms in total. The first-order valence-corrected chi connectivity index (χ1v) is 10.6. The molecule has 152 valence electrons. The van der Waals surface area contributed by atoms with Gasteiger partial charge in [0.05, 0.1) is 31.5 Å². The molecule has 9 heteroatoms. The largest absolute Gasteiger partial charge is 0.496 e. The number of hydrogen-bond donors (Lipinski definition) is 1. The fourth-order valence-electron chi connectivity index (χ4n) is 3.26. The summed E-state index contributed by atoms with van der Waals surface area (Å²) < 4.78 is 44.3. The lowest BCUT2D eigenvalue weighted by molar-refractivity contribution is 0.136. The van der Waals surface area contributed by atoms with Crippen LogP contribution in [-0.2, 0) is 10.0 Å². The fourth-order valence-corrected chi connectivity index (χ4v) is 4.65. The van der Waals surface area contributed by atoms with Crippen LogP contribution in [-0.4, -0.2) is 44.8 Å². The summed E-state index contributed by atoms with van der Waals surface area (Å²) in [7, 11) is -0.493. The number of nitrogens with zero attached hydrogens (tertiary/aromatic N) is 2. The molecule has 0 aliphatic heterocycles. The summed E-state index contributed by atoms with van der Waals surface area (Å²) in [5.74, 6) is 1.48. The number of ether oxygens (including phenoxy) is 3. The van der Waals surface area contributed by atoms with E-state index < -0.39 is 10.0 Å². The van der Waals surface area contributed by atoms with Gasteiger partial charge in [-0.2, -0.15) is 4.98 Å². The lowest BCUT2D eigenvalue weighted by atomic mass is 9.94. The molecule has 3 rings (SSSR count). The third kappa shape index (κ3) is 4.90. The summed E-state index contributed by atoms with van der Waals surface area (Å²) in [4.78, 5) is 8.47. The van der Waals surface area contributed by atoms with Crippen LogP contribution in [0.5, 0.6) is 17.5 Å². The number of aromatic nitrogens is 2. The number of methoxy groups -OCH3 is 2. The normalized spacial score (nSPS) is 19.8. The highest BCUT2D eigenvalue weighted by molar-refractivity contribution is 7.89. The molecule has 0 amide bonds. The molecule has 1 fully saturated rings. The highest BCUT2D eigenvalue weighted by atomic mass is 32.2. The van der Waals surface area contributed by atoms with Crippen molar-refractivity contribution < 1.29 is 22.6 Å². The average Bonchev–Trinajstić information content (AvgIpc) is 2.69. The van der Waals surface area contributed by atoms with E-state index in [2.05, 4.69) is 14.7 Å². The first kappa shape index (κ1) is 20.3. The van der Waals surface area contributed by atoms with Crippen LogP contribution < -0.4 is 18.9 Å². The second-order valence-corrected chi connectivity index (χ2v) is 8.46. The zero-order valence-corrected chi connectivity index (χ0v) is 17.0. The van der Waals surface area contributed by atoms with E-state index >= 15 is 0 Å². The summed E-state index contributed by atoms with van der Waals surface area (Å²) in [6.45, 7) is 1.82. The minimum absolute atomic E-state index is 0.0228. The first-order chi connectivity index (χ1) is 13.4. The standard InChI is InChI=1S/C19H25N3O5S/c1-13-10-16(8-9-17(13)25-2)28(23,24)22-14-4-6-15(7-5-14)27-19-12-20-11-18(21-19)26-3/h8-12,14-15,22H,4-7H2,1-3H3. The molecule has 0 bridgehead atoms. The van der Waals surface area contributed by atoms with Crippen LogP contribution in [0.2, 0.25) is 0 Å². The van der Waals surface area contributed by atoms with Crippen LogP contribution in [0.25, 0.3) is 0 Å². The molecule has 28 heavy (non-hydrogen) atoms. The van der Waals surface area contributed by atoms with Gasteiger partial charge in [0.2, 0.25) is 21.8 Å². The number of sulfonamides is 1. The van der Waals surface area contributed by atoms with Gasteiger partial charge in [-0.3, -0.25) is 4.98 Å². The number of nitrogens with one attached hydrogen (secondary N) is 1. The summed E-state index contributed by atoms with van der Waals surface area (Å²) in [6.07, 6.45) is 5.88. The van der Waals surface area contributed by atoms with E-state index in [0.29, 0.717) is 30.4 Å². The molecule has 1 heterocycles. The maximum Gasteiger partial charge on any atom is 0.240 e. The maximum atomic E-state index is 12.7. The Morgan fingerprint density at radius 3 is 2.39 bits per heavy atom. The SMILES string of the molecule is COc1cncc(OC2CCC(NS(=O)(=O)c3ccc(OC)c(C)c3)CC2)n1. The van der Waals surface area contributed by atoms with Gasteiger partial charge in [0.1, 0.15) is 11.9 Å². The van der Waals surface area contributed by atoms with Crippen molar-refractivity contribution in [3.05, 3.63) is 36.2 Å². The summed E-state index contributed by atoms with van der Waals surface area (Å²) in [6, 6.07) is 4.73. The van der Waals surface area contributed by atoms with Crippen molar-refractivity contribution in [1.82, 2.24) is 14.7 Å². The van der Waals surface area contributed by atoms with Crippen LogP contribution in [0.15, 0.2) is 35.5 Å². The quantitative estimate of drug-likeness (QED) is 0.752. The van der Waals surface area contributed by atoms with E-state index in [9.17, 15) is 8.42 Å². The van der Waals surface area contributed by atoms with E-state index in [1.165, 1.54) is 13.3 Å². The Hall–Kier alpha value is -2.39. The molecule has 0 radical (unpaired) electrons. The third-order valence-corrected chi connectivity index (χ3v) is 6.28. The predicted octanol–water partition coefficient (Wildman–Crippen LogP) is 2.47. The molecule has 0 atom stereocenters. The van der Waals surface area contributed by atoms with Crippen molar-refractivity contribution in [2.24, 2.45) is 0 Å². The number of rotatable bonds is 7. The van der Waals surface area contributed by atoms with E-state index in [4.69, 9.17) is 14.2 Å². The monoisotopic (exact) mass is 407 g/mol. The Morgan fingerprint density at radius 2 is 1.75 bits per heavy atom. The van der Waals surface area contributed by atoms with Crippen molar-refractivity contribution in [2.75, 3.05) is 14.2 Å². The van der Waals surface area contributed by atoms with E-state index in [-0.39, 0.29) is 17.0 Å². The van der Waals surface area contributed by atoms with Gasteiger partial charge >= 0.3 is 0 Å². The van der Waals surface area contributed by atoms with Crippen LogP contribution in [0.3, 0.4) is 0 Å². The van der Waals surface area contributed by atoms with Gasteiger partial charge in [0.15, 0.2) is 0 Å². The van der Waals surface area contributed by atoms with Gasteiger partial charge in [-0.1, -0.05) is 0 Å². The van der Waals surface area contributed by atoms with Gasteiger partial charge < -0.3 is 14.2 Å². The van der Waals surface area contributed by atoms with E-state index in [1.807, 2.05) is 6.92 Å². The van der Waals surface area contributed by atoms with Crippen LogP contribution in [0.1, 0.15) is 31.2 Å². The molecule has 2 aromatic rings. The van der Waals surface area contributed by atoms with Crippen LogP contribution in [0, 0.1) is 6.92 Å². The van der Waals surface area contributed by atoms with Gasteiger partial charge in [-0.15, -0.1) is 0 Å². The fraction of sp³-hybridized carbons (Fsp3) is 0.474. The lowest BCUT2D eigenvalue weighted by Gasteiger charge is -2.29. The molecule has 0 saturated heterocycles. The van der Waals surface area contributed by atoms with Crippen molar-refractivity contribution in [3.63, 3.8) is 0 Å². The van der Waals surface area contributed by atoms with Gasteiger partial charge in [-0.25, -0.2) is 13.1 Å². The second-order valence-electron chi connectivity index (χ2n) is 6.74. The zero-order chi connectivity index (χ0) is 20.1. The summed E-state index contributed by atoms with van der Waals surface area (Å²) in [5.41, 5.74) is 0.780. The minimum atomic E-state index is -3.58. The zero-order valence-electron chi connectivity index (χ0n) is 16.2. The lowest BCUT2D eigenvalue weighted by Crippen LogP contribution is -2.39. The minimum Gasteiger partial charge on any atom is -0.496 e. The maximum absolute atomic E-state index is 12.7. The molecule has 0 unspecified atom stereocenters. The first-order valence-electron chi connectivity index (χ1n) is 9.11. The molecule has 1 aromatic heterocycles. The Balaban J connectivity index is 1.56. The Bertz CT molecular complexity index is 912. The Kier molecular flexibility index (Phi) is 6.35. The van der Waals surface area contributed by atoms with Crippen LogP contribution >= 0.6 is 0 Å². The predicted molar refractivity (Wildman–Crippen MR) is 103 cm³/mol. The number of benzene rings is 1. The summed E-state index contributed by atoms with van der Waals surface area (Å²) in [5, 5.41) is 0. The van der Waals surface area contributed by atoms with Gasteiger partial charge in [0, 0.05) is 6.04 Å². The van der Waals surface area contributed by atoms with Gasteiger partial charge in [0.25, 0.3) is 0 Å². The van der Waals surface area contributed by atoms with Crippen molar-refractivity contribution >= 4 is 10.0 Å². The average molecular weight is 407 g/mol. The van der Waals surface area contributed by atoms with Crippen molar-refractivity contribution in [1.29, 1.82) is 0 Å². The van der Waals surface area contributed by atoms with E-state index in [0.717, 1.165) is 18.4 Å². The number of hydrogen-bond acceptors (Lipinski definition) is 7. The van der Waals surface area contributed by atoms with Crippen molar-refractivity contribution in [3.8, 4) is 17.5 Å². The van der Waals surface area contributed by atoms with Gasteiger partial charge in [-0.05, 0) is 56.4 Å². The number of aryl methyl sites for hydroxylation is 1. The Morgan fingerprint density at radius 1 is 1.04 bits per heavy atom.